The Morgan fingerprint density at radius 2 is 1.51 bits per heavy atom. The Morgan fingerprint density at radius 1 is 0.780 bits per heavy atom. The van der Waals surface area contributed by atoms with E-state index in [0.717, 1.165) is 11.5 Å². The predicted octanol–water partition coefficient (Wildman–Crippen LogP) is 11.3. The first-order chi connectivity index (χ1) is 20.0. The third-order valence-corrected chi connectivity index (χ3v) is 10.5. The second-order valence-corrected chi connectivity index (χ2v) is 13.3. The van der Waals surface area contributed by atoms with Gasteiger partial charge in [-0.2, -0.15) is 0 Å². The number of aryl methyl sites for hydroxylation is 1. The molecule has 8 rings (SSSR count). The number of ether oxygens (including phenoxy) is 1. The molecule has 1 aliphatic heterocycles. The molecule has 0 bridgehead atoms. The van der Waals surface area contributed by atoms with Gasteiger partial charge in [-0.25, -0.2) is 0 Å². The van der Waals surface area contributed by atoms with Crippen molar-refractivity contribution in [2.24, 2.45) is 0 Å². The minimum absolute atomic E-state index is 0.180. The maximum Gasteiger partial charge on any atom is 0.149 e. The molecule has 200 valence electrons. The number of hydrogen-bond acceptors (Lipinski definition) is 2. The highest BCUT2D eigenvalue weighted by Gasteiger charge is 2.37. The summed E-state index contributed by atoms with van der Waals surface area (Å²) in [5, 5.41) is 1.28. The van der Waals surface area contributed by atoms with Crippen molar-refractivity contribution in [2.75, 3.05) is 0 Å². The van der Waals surface area contributed by atoms with Gasteiger partial charge in [0.15, 0.2) is 0 Å². The molecule has 2 unspecified atom stereocenters. The highest BCUT2D eigenvalue weighted by Crippen LogP contribution is 2.54. The summed E-state index contributed by atoms with van der Waals surface area (Å²) in [5.41, 5.74) is 11.7. The summed E-state index contributed by atoms with van der Waals surface area (Å²) in [6, 6.07) is 27.3. The van der Waals surface area contributed by atoms with Crippen molar-refractivity contribution >= 4 is 27.5 Å². The van der Waals surface area contributed by atoms with Gasteiger partial charge in [-0.15, -0.1) is 11.3 Å². The van der Waals surface area contributed by atoms with Crippen LogP contribution < -0.4 is 4.74 Å². The molecule has 0 N–H and O–H groups in total. The molecule has 41 heavy (non-hydrogen) atoms. The highest BCUT2D eigenvalue weighted by molar-refractivity contribution is 7.19. The number of allylic oxidation sites excluding steroid dienone is 5. The topological polar surface area (TPSA) is 9.23 Å². The standard InChI is InChI=1S/C39H32OS/c1-5-10-26-23(2)41-38-32(26)18-19-34-37(38)40-36-20-16-25(22-35(36)39(34,3)4)24-15-17-31-29-13-7-6-11-27(29)28-12-8-9-14-30(28)33(31)21-24/h5-22,28,30H,1-4H3/b10-5-. The molecule has 0 spiro atoms. The first-order valence-electron chi connectivity index (χ1n) is 14.6. The van der Waals surface area contributed by atoms with Crippen molar-refractivity contribution in [3.63, 3.8) is 0 Å². The molecule has 0 amide bonds. The summed E-state index contributed by atoms with van der Waals surface area (Å²) >= 11 is 1.84. The number of rotatable bonds is 2. The molecule has 0 saturated carbocycles. The van der Waals surface area contributed by atoms with Crippen molar-refractivity contribution in [3.05, 3.63) is 136 Å². The van der Waals surface area contributed by atoms with E-state index in [2.05, 4.69) is 137 Å². The third-order valence-electron chi connectivity index (χ3n) is 9.40. The summed E-state index contributed by atoms with van der Waals surface area (Å²) in [6.45, 7) is 8.96. The van der Waals surface area contributed by atoms with E-state index in [1.54, 1.807) is 0 Å². The molecular weight excluding hydrogens is 516 g/mol. The molecular formula is C39H32OS. The van der Waals surface area contributed by atoms with Crippen molar-refractivity contribution < 1.29 is 4.74 Å². The number of hydrogen-bond donors (Lipinski definition) is 0. The summed E-state index contributed by atoms with van der Waals surface area (Å²) in [5.74, 6) is 2.73. The number of fused-ring (bicyclic) bond motifs is 10. The predicted molar refractivity (Wildman–Crippen MR) is 175 cm³/mol. The van der Waals surface area contributed by atoms with E-state index in [1.807, 2.05) is 11.3 Å². The Labute approximate surface area is 246 Å². The monoisotopic (exact) mass is 548 g/mol. The zero-order valence-corrected chi connectivity index (χ0v) is 24.7. The van der Waals surface area contributed by atoms with E-state index in [9.17, 15) is 0 Å². The van der Waals surface area contributed by atoms with Gasteiger partial charge in [-0.3, -0.25) is 0 Å². The van der Waals surface area contributed by atoms with Gasteiger partial charge in [0.2, 0.25) is 0 Å². The Balaban J connectivity index is 1.24. The molecule has 2 heterocycles. The molecule has 2 atom stereocenters. The Bertz CT molecular complexity index is 1980. The average molecular weight is 549 g/mol. The fourth-order valence-electron chi connectivity index (χ4n) is 7.28. The van der Waals surface area contributed by atoms with Crippen LogP contribution >= 0.6 is 11.3 Å². The molecule has 0 fully saturated rings. The quantitative estimate of drug-likeness (QED) is 0.213. The third kappa shape index (κ3) is 3.53. The van der Waals surface area contributed by atoms with Crippen molar-refractivity contribution in [3.8, 4) is 33.8 Å². The van der Waals surface area contributed by atoms with Gasteiger partial charge >= 0.3 is 0 Å². The van der Waals surface area contributed by atoms with Gasteiger partial charge in [0.05, 0.1) is 4.70 Å². The molecule has 4 aromatic carbocycles. The lowest BCUT2D eigenvalue weighted by atomic mass is 9.69. The fourth-order valence-corrected chi connectivity index (χ4v) is 8.41. The minimum Gasteiger partial charge on any atom is -0.455 e. The van der Waals surface area contributed by atoms with Crippen LogP contribution in [0, 0.1) is 6.92 Å². The number of thiophene rings is 1. The maximum absolute atomic E-state index is 6.73. The lowest BCUT2D eigenvalue weighted by Crippen LogP contribution is -2.24. The summed E-state index contributed by atoms with van der Waals surface area (Å²) in [4.78, 5) is 1.33. The highest BCUT2D eigenvalue weighted by atomic mass is 32.1. The van der Waals surface area contributed by atoms with Crippen LogP contribution in [0.3, 0.4) is 0 Å². The second kappa shape index (κ2) is 8.93. The van der Waals surface area contributed by atoms with E-state index >= 15 is 0 Å². The lowest BCUT2D eigenvalue weighted by Gasteiger charge is -2.35. The number of benzene rings is 4. The van der Waals surface area contributed by atoms with Gasteiger partial charge < -0.3 is 4.74 Å². The van der Waals surface area contributed by atoms with E-state index in [1.165, 1.54) is 65.0 Å². The van der Waals surface area contributed by atoms with Gasteiger partial charge in [0.25, 0.3) is 0 Å². The van der Waals surface area contributed by atoms with Gasteiger partial charge in [-0.05, 0) is 71.0 Å². The molecule has 2 heteroatoms. The first kappa shape index (κ1) is 24.6. The molecule has 1 aromatic heterocycles. The van der Waals surface area contributed by atoms with Crippen LogP contribution in [0.4, 0.5) is 0 Å². The molecule has 2 aliphatic carbocycles. The molecule has 3 aliphatic rings. The first-order valence-corrected chi connectivity index (χ1v) is 15.4. The largest absolute Gasteiger partial charge is 0.455 e. The van der Waals surface area contributed by atoms with E-state index in [0.29, 0.717) is 11.8 Å². The summed E-state index contributed by atoms with van der Waals surface area (Å²) in [7, 11) is 0. The van der Waals surface area contributed by atoms with Crippen LogP contribution in [0.1, 0.15) is 65.3 Å². The van der Waals surface area contributed by atoms with E-state index in [4.69, 9.17) is 4.74 Å². The van der Waals surface area contributed by atoms with Crippen LogP contribution in [0.5, 0.6) is 11.5 Å². The van der Waals surface area contributed by atoms with Crippen LogP contribution in [0.15, 0.2) is 103 Å². The normalized spacial score (nSPS) is 19.3. The molecule has 0 saturated heterocycles. The zero-order valence-electron chi connectivity index (χ0n) is 23.9. The van der Waals surface area contributed by atoms with Crippen LogP contribution in [-0.4, -0.2) is 0 Å². The molecule has 5 aromatic rings. The summed E-state index contributed by atoms with van der Waals surface area (Å²) < 4.78 is 7.98. The SMILES string of the molecule is C/C=C\c1c(C)sc2c3c(ccc12)C(C)(C)c1cc(-c2ccc4c(c2)C2C=CC=CC2c2ccccc2-4)ccc1O3. The fraction of sp³-hybridized carbons (Fsp3) is 0.179. The Hall–Kier alpha value is -4.14. The minimum atomic E-state index is -0.180. The maximum atomic E-state index is 6.73. The summed E-state index contributed by atoms with van der Waals surface area (Å²) in [6.07, 6.45) is 13.5. The second-order valence-electron chi connectivity index (χ2n) is 12.0. The van der Waals surface area contributed by atoms with Gasteiger partial charge in [0, 0.05) is 38.6 Å². The van der Waals surface area contributed by atoms with Crippen LogP contribution in [0.2, 0.25) is 0 Å². The molecule has 1 nitrogen and oxygen atoms in total. The van der Waals surface area contributed by atoms with E-state index < -0.39 is 0 Å². The average Bonchev–Trinajstić information content (AvgIpc) is 3.32. The van der Waals surface area contributed by atoms with Gasteiger partial charge in [-0.1, -0.05) is 105 Å². The smallest absolute Gasteiger partial charge is 0.149 e. The van der Waals surface area contributed by atoms with Crippen molar-refractivity contribution in [1.29, 1.82) is 0 Å². The Kier molecular flexibility index (Phi) is 5.37. The zero-order chi connectivity index (χ0) is 27.9. The van der Waals surface area contributed by atoms with E-state index in [-0.39, 0.29) is 5.41 Å². The van der Waals surface area contributed by atoms with Gasteiger partial charge in [0.1, 0.15) is 11.5 Å². The lowest BCUT2D eigenvalue weighted by molar-refractivity contribution is 0.424. The Morgan fingerprint density at radius 3 is 2.34 bits per heavy atom. The van der Waals surface area contributed by atoms with Crippen LogP contribution in [-0.2, 0) is 5.41 Å². The molecule has 0 radical (unpaired) electrons. The van der Waals surface area contributed by atoms with Crippen molar-refractivity contribution in [1.82, 2.24) is 0 Å². The van der Waals surface area contributed by atoms with Crippen molar-refractivity contribution in [2.45, 2.75) is 44.9 Å². The van der Waals surface area contributed by atoms with Crippen LogP contribution in [0.25, 0.3) is 38.4 Å².